The molecule has 0 aliphatic carbocycles. The fourth-order valence-corrected chi connectivity index (χ4v) is 2.81. The predicted molar refractivity (Wildman–Crippen MR) is 107 cm³/mol. The van der Waals surface area contributed by atoms with Gasteiger partial charge in [-0.25, -0.2) is 9.37 Å². The summed E-state index contributed by atoms with van der Waals surface area (Å²) in [5.41, 5.74) is 2.52. The highest BCUT2D eigenvalue weighted by molar-refractivity contribution is 6.30. The van der Waals surface area contributed by atoms with E-state index in [0.717, 1.165) is 34.9 Å². The number of hydrogen-bond acceptors (Lipinski definition) is 3. The summed E-state index contributed by atoms with van der Waals surface area (Å²) in [6.07, 6.45) is 2.61. The predicted octanol–water partition coefficient (Wildman–Crippen LogP) is 4.71. The second-order valence-corrected chi connectivity index (χ2v) is 6.53. The van der Waals surface area contributed by atoms with Crippen LogP contribution in [0, 0.1) is 5.82 Å². The van der Waals surface area contributed by atoms with Crippen molar-refractivity contribution >= 4 is 29.0 Å². The molecule has 4 nitrogen and oxygen atoms in total. The molecule has 0 fully saturated rings. The van der Waals surface area contributed by atoms with Crippen LogP contribution in [-0.2, 0) is 17.6 Å². The molecule has 0 aliphatic rings. The maximum Gasteiger partial charge on any atom is 0.228 e. The first-order valence-corrected chi connectivity index (χ1v) is 8.95. The SMILES string of the molecule is O=C(Cc1ccc(F)cc1)Nc1ccc(NCCc2cccc(Cl)c2)nc1. The van der Waals surface area contributed by atoms with Crippen LogP contribution in [0.1, 0.15) is 11.1 Å². The van der Waals surface area contributed by atoms with Crippen molar-refractivity contribution in [2.24, 2.45) is 0 Å². The molecule has 2 aromatic carbocycles. The summed E-state index contributed by atoms with van der Waals surface area (Å²) in [7, 11) is 0. The lowest BCUT2D eigenvalue weighted by atomic mass is 10.1. The molecule has 2 N–H and O–H groups in total. The zero-order chi connectivity index (χ0) is 19.1. The Bertz CT molecular complexity index is 898. The monoisotopic (exact) mass is 383 g/mol. The molecule has 1 heterocycles. The number of halogens is 2. The normalized spacial score (nSPS) is 10.4. The van der Waals surface area contributed by atoms with Crippen LogP contribution in [0.15, 0.2) is 66.9 Å². The van der Waals surface area contributed by atoms with Gasteiger partial charge in [-0.15, -0.1) is 0 Å². The van der Waals surface area contributed by atoms with Gasteiger partial charge in [-0.2, -0.15) is 0 Å². The number of hydrogen-bond donors (Lipinski definition) is 2. The highest BCUT2D eigenvalue weighted by Gasteiger charge is 2.05. The Balaban J connectivity index is 1.46. The Kier molecular flexibility index (Phi) is 6.39. The van der Waals surface area contributed by atoms with Crippen LogP contribution < -0.4 is 10.6 Å². The number of carbonyl (C=O) groups excluding carboxylic acids is 1. The van der Waals surface area contributed by atoms with Gasteiger partial charge in [0.25, 0.3) is 0 Å². The Morgan fingerprint density at radius 3 is 2.56 bits per heavy atom. The number of rotatable bonds is 7. The molecule has 0 bridgehead atoms. The third-order valence-corrected chi connectivity index (χ3v) is 4.17. The van der Waals surface area contributed by atoms with E-state index >= 15 is 0 Å². The first-order valence-electron chi connectivity index (χ1n) is 8.57. The number of nitrogens with zero attached hydrogens (tertiary/aromatic N) is 1. The van der Waals surface area contributed by atoms with Crippen molar-refractivity contribution in [3.8, 4) is 0 Å². The topological polar surface area (TPSA) is 54.0 Å². The van der Waals surface area contributed by atoms with Gasteiger partial charge in [-0.05, 0) is 53.9 Å². The van der Waals surface area contributed by atoms with Gasteiger partial charge in [-0.1, -0.05) is 35.9 Å². The number of amides is 1. The third kappa shape index (κ3) is 6.08. The van der Waals surface area contributed by atoms with Crippen LogP contribution in [0.3, 0.4) is 0 Å². The van der Waals surface area contributed by atoms with Crippen LogP contribution >= 0.6 is 11.6 Å². The van der Waals surface area contributed by atoms with E-state index in [2.05, 4.69) is 15.6 Å². The maximum absolute atomic E-state index is 12.9. The molecule has 3 aromatic rings. The van der Waals surface area contributed by atoms with Crippen LogP contribution in [0.2, 0.25) is 5.02 Å². The lowest BCUT2D eigenvalue weighted by Gasteiger charge is -2.08. The molecule has 0 aliphatic heterocycles. The van der Waals surface area contributed by atoms with Gasteiger partial charge in [0.2, 0.25) is 5.91 Å². The number of anilines is 2. The van der Waals surface area contributed by atoms with Crippen LogP contribution in [0.5, 0.6) is 0 Å². The van der Waals surface area contributed by atoms with Crippen LogP contribution in [0.4, 0.5) is 15.9 Å². The number of benzene rings is 2. The van der Waals surface area contributed by atoms with Crippen molar-refractivity contribution in [2.45, 2.75) is 12.8 Å². The molecule has 138 valence electrons. The Labute approximate surface area is 162 Å². The van der Waals surface area contributed by atoms with Crippen molar-refractivity contribution in [2.75, 3.05) is 17.2 Å². The summed E-state index contributed by atoms with van der Waals surface area (Å²) < 4.78 is 12.9. The standard InChI is InChI=1S/C21H19ClFN3O/c22-17-3-1-2-15(12-17)10-11-24-20-9-8-19(14-25-20)26-21(27)13-16-4-6-18(23)7-5-16/h1-9,12,14H,10-11,13H2,(H,24,25)(H,26,27). The molecule has 27 heavy (non-hydrogen) atoms. The largest absolute Gasteiger partial charge is 0.370 e. The first kappa shape index (κ1) is 18.9. The van der Waals surface area contributed by atoms with Crippen molar-refractivity contribution in [3.05, 3.63) is 88.8 Å². The second-order valence-electron chi connectivity index (χ2n) is 6.09. The quantitative estimate of drug-likeness (QED) is 0.621. The van der Waals surface area contributed by atoms with E-state index in [-0.39, 0.29) is 18.1 Å². The molecule has 3 rings (SSSR count). The van der Waals surface area contributed by atoms with E-state index in [1.54, 1.807) is 24.4 Å². The molecule has 1 aromatic heterocycles. The molecule has 0 atom stereocenters. The lowest BCUT2D eigenvalue weighted by molar-refractivity contribution is -0.115. The van der Waals surface area contributed by atoms with Crippen molar-refractivity contribution in [1.29, 1.82) is 0 Å². The van der Waals surface area contributed by atoms with Gasteiger partial charge in [0.1, 0.15) is 11.6 Å². The van der Waals surface area contributed by atoms with E-state index in [9.17, 15) is 9.18 Å². The summed E-state index contributed by atoms with van der Waals surface area (Å²) in [5.74, 6) is 0.237. The zero-order valence-corrected chi connectivity index (χ0v) is 15.3. The van der Waals surface area contributed by atoms with Crippen molar-refractivity contribution < 1.29 is 9.18 Å². The molecule has 6 heteroatoms. The van der Waals surface area contributed by atoms with E-state index in [1.165, 1.54) is 12.1 Å². The van der Waals surface area contributed by atoms with E-state index in [0.29, 0.717) is 5.69 Å². The average Bonchev–Trinajstić information content (AvgIpc) is 2.65. The van der Waals surface area contributed by atoms with Gasteiger partial charge >= 0.3 is 0 Å². The third-order valence-electron chi connectivity index (χ3n) is 3.93. The van der Waals surface area contributed by atoms with Gasteiger partial charge < -0.3 is 10.6 Å². The minimum atomic E-state index is -0.318. The highest BCUT2D eigenvalue weighted by Crippen LogP contribution is 2.13. The van der Waals surface area contributed by atoms with Crippen molar-refractivity contribution in [1.82, 2.24) is 4.98 Å². The van der Waals surface area contributed by atoms with Crippen molar-refractivity contribution in [3.63, 3.8) is 0 Å². The Morgan fingerprint density at radius 1 is 1.04 bits per heavy atom. The Morgan fingerprint density at radius 2 is 1.85 bits per heavy atom. The summed E-state index contributed by atoms with van der Waals surface area (Å²) in [4.78, 5) is 16.3. The number of pyridine rings is 1. The lowest BCUT2D eigenvalue weighted by Crippen LogP contribution is -2.14. The molecular weight excluding hydrogens is 365 g/mol. The molecule has 0 spiro atoms. The minimum Gasteiger partial charge on any atom is -0.370 e. The van der Waals surface area contributed by atoms with E-state index in [1.807, 2.05) is 30.3 Å². The minimum absolute atomic E-state index is 0.176. The average molecular weight is 384 g/mol. The molecule has 1 amide bonds. The summed E-state index contributed by atoms with van der Waals surface area (Å²) >= 11 is 5.97. The van der Waals surface area contributed by atoms with Gasteiger partial charge in [0.15, 0.2) is 0 Å². The summed E-state index contributed by atoms with van der Waals surface area (Å²) in [6, 6.07) is 17.2. The summed E-state index contributed by atoms with van der Waals surface area (Å²) in [5, 5.41) is 6.75. The highest BCUT2D eigenvalue weighted by atomic mass is 35.5. The number of nitrogens with one attached hydrogen (secondary N) is 2. The fourth-order valence-electron chi connectivity index (χ4n) is 2.59. The fraction of sp³-hybridized carbons (Fsp3) is 0.143. The number of carbonyl (C=O) groups is 1. The number of aromatic nitrogens is 1. The van der Waals surface area contributed by atoms with Crippen LogP contribution in [-0.4, -0.2) is 17.4 Å². The van der Waals surface area contributed by atoms with Gasteiger partial charge in [-0.3, -0.25) is 4.79 Å². The molecular formula is C21H19ClFN3O. The van der Waals surface area contributed by atoms with E-state index < -0.39 is 0 Å². The zero-order valence-electron chi connectivity index (χ0n) is 14.6. The molecule has 0 unspecified atom stereocenters. The van der Waals surface area contributed by atoms with Gasteiger partial charge in [0, 0.05) is 11.6 Å². The molecule has 0 saturated carbocycles. The van der Waals surface area contributed by atoms with Crippen LogP contribution in [0.25, 0.3) is 0 Å². The second kappa shape index (κ2) is 9.14. The first-order chi connectivity index (χ1) is 13.1. The van der Waals surface area contributed by atoms with E-state index in [4.69, 9.17) is 11.6 Å². The molecule has 0 saturated heterocycles. The maximum atomic E-state index is 12.9. The summed E-state index contributed by atoms with van der Waals surface area (Å²) in [6.45, 7) is 0.726. The Hall–Kier alpha value is -2.92. The smallest absolute Gasteiger partial charge is 0.228 e. The van der Waals surface area contributed by atoms with Gasteiger partial charge in [0.05, 0.1) is 18.3 Å². The molecule has 0 radical (unpaired) electrons.